The number of nitrogens with two attached hydrogens (primary N) is 1. The van der Waals surface area contributed by atoms with E-state index in [0.717, 1.165) is 30.4 Å². The number of aromatic hydroxyl groups is 1. The van der Waals surface area contributed by atoms with Gasteiger partial charge in [0.2, 0.25) is 0 Å². The minimum atomic E-state index is 0.0978. The van der Waals surface area contributed by atoms with E-state index in [0.29, 0.717) is 5.75 Å². The van der Waals surface area contributed by atoms with Crippen LogP contribution in [0, 0.1) is 13.8 Å². The van der Waals surface area contributed by atoms with Crippen LogP contribution >= 0.6 is 0 Å². The molecule has 17 heavy (non-hydrogen) atoms. The first kappa shape index (κ1) is 12.4. The minimum absolute atomic E-state index is 0.0978. The first-order chi connectivity index (χ1) is 8.02. The molecule has 1 aliphatic rings. The fourth-order valence-corrected chi connectivity index (χ4v) is 3.03. The molecular weight excluding hydrogens is 210 g/mol. The van der Waals surface area contributed by atoms with E-state index in [1.807, 2.05) is 13.8 Å². The number of rotatable bonds is 2. The Morgan fingerprint density at radius 2 is 1.65 bits per heavy atom. The van der Waals surface area contributed by atoms with Crippen LogP contribution in [0.1, 0.15) is 47.6 Å². The first-order valence-electron chi connectivity index (χ1n) is 6.60. The zero-order valence-electron chi connectivity index (χ0n) is 11.1. The Hall–Kier alpha value is -1.02. The van der Waals surface area contributed by atoms with Crippen molar-refractivity contribution >= 4 is 0 Å². The van der Waals surface area contributed by atoms with E-state index in [2.05, 4.69) is 6.92 Å². The standard InChI is InChI=1S/C15H23NO/c1-9(16)8-14-10(2)12-6-4-5-7-13(12)11(3)15(14)17/h9,17H,4-8,16H2,1-3H3. The molecule has 3 N–H and O–H groups in total. The summed E-state index contributed by atoms with van der Waals surface area (Å²) < 4.78 is 0. The van der Waals surface area contributed by atoms with Gasteiger partial charge in [0.05, 0.1) is 0 Å². The van der Waals surface area contributed by atoms with E-state index in [4.69, 9.17) is 5.73 Å². The molecule has 0 fully saturated rings. The summed E-state index contributed by atoms with van der Waals surface area (Å²) in [6, 6.07) is 0.0978. The van der Waals surface area contributed by atoms with Crippen molar-refractivity contribution in [2.75, 3.05) is 0 Å². The highest BCUT2D eigenvalue weighted by Crippen LogP contribution is 2.36. The highest BCUT2D eigenvalue weighted by atomic mass is 16.3. The van der Waals surface area contributed by atoms with Crippen LogP contribution in [0.15, 0.2) is 0 Å². The first-order valence-corrected chi connectivity index (χ1v) is 6.60. The SMILES string of the molecule is Cc1c(O)c(CC(C)N)c(C)c2c1CCCC2. The molecule has 1 aromatic rings. The lowest BCUT2D eigenvalue weighted by Crippen LogP contribution is -2.20. The molecule has 0 radical (unpaired) electrons. The van der Waals surface area contributed by atoms with Crippen molar-refractivity contribution in [2.45, 2.75) is 58.9 Å². The van der Waals surface area contributed by atoms with Gasteiger partial charge in [-0.05, 0) is 80.7 Å². The second-order valence-electron chi connectivity index (χ2n) is 5.42. The highest BCUT2D eigenvalue weighted by Gasteiger charge is 2.21. The van der Waals surface area contributed by atoms with E-state index in [1.54, 1.807) is 0 Å². The molecule has 0 heterocycles. The van der Waals surface area contributed by atoms with Gasteiger partial charge in [0.25, 0.3) is 0 Å². The van der Waals surface area contributed by atoms with Crippen LogP contribution < -0.4 is 5.73 Å². The van der Waals surface area contributed by atoms with Crippen LogP contribution in [0.2, 0.25) is 0 Å². The predicted octanol–water partition coefficient (Wildman–Crippen LogP) is 2.78. The molecule has 1 aromatic carbocycles. The van der Waals surface area contributed by atoms with Crippen molar-refractivity contribution in [2.24, 2.45) is 5.73 Å². The van der Waals surface area contributed by atoms with Crippen molar-refractivity contribution in [1.29, 1.82) is 0 Å². The number of benzene rings is 1. The Morgan fingerprint density at radius 3 is 2.18 bits per heavy atom. The van der Waals surface area contributed by atoms with E-state index < -0.39 is 0 Å². The maximum atomic E-state index is 10.3. The second kappa shape index (κ2) is 4.69. The van der Waals surface area contributed by atoms with Gasteiger partial charge in [-0.25, -0.2) is 0 Å². The van der Waals surface area contributed by atoms with Gasteiger partial charge in [-0.1, -0.05) is 0 Å². The number of phenols is 1. The molecule has 0 saturated carbocycles. The number of phenolic OH excluding ortho intramolecular Hbond substituents is 1. The molecule has 0 amide bonds. The molecule has 0 aliphatic heterocycles. The van der Waals surface area contributed by atoms with Gasteiger partial charge in [0.1, 0.15) is 5.75 Å². The molecular formula is C15H23NO. The van der Waals surface area contributed by atoms with Crippen molar-refractivity contribution in [3.63, 3.8) is 0 Å². The Labute approximate surface area is 104 Å². The largest absolute Gasteiger partial charge is 0.507 e. The summed E-state index contributed by atoms with van der Waals surface area (Å²) in [6.07, 6.45) is 5.57. The van der Waals surface area contributed by atoms with Crippen molar-refractivity contribution in [1.82, 2.24) is 0 Å². The zero-order valence-corrected chi connectivity index (χ0v) is 11.1. The van der Waals surface area contributed by atoms with Crippen molar-refractivity contribution in [3.05, 3.63) is 27.8 Å². The molecule has 2 heteroatoms. The third kappa shape index (κ3) is 2.19. The Balaban J connectivity index is 2.57. The molecule has 2 nitrogen and oxygen atoms in total. The third-order valence-corrected chi connectivity index (χ3v) is 3.99. The Bertz CT molecular complexity index is 435. The van der Waals surface area contributed by atoms with Crippen molar-refractivity contribution in [3.8, 4) is 5.75 Å². The summed E-state index contributed by atoms with van der Waals surface area (Å²) in [5.41, 5.74) is 12.2. The number of hydrogen-bond acceptors (Lipinski definition) is 2. The lowest BCUT2D eigenvalue weighted by molar-refractivity contribution is 0.457. The highest BCUT2D eigenvalue weighted by molar-refractivity contribution is 5.55. The molecule has 0 saturated heterocycles. The van der Waals surface area contributed by atoms with Crippen LogP contribution in [0.4, 0.5) is 0 Å². The van der Waals surface area contributed by atoms with E-state index in [9.17, 15) is 5.11 Å². The van der Waals surface area contributed by atoms with Crippen LogP contribution in [0.5, 0.6) is 5.75 Å². The molecule has 1 atom stereocenters. The van der Waals surface area contributed by atoms with Crippen LogP contribution in [-0.4, -0.2) is 11.1 Å². The van der Waals surface area contributed by atoms with Crippen LogP contribution in [0.25, 0.3) is 0 Å². The quantitative estimate of drug-likeness (QED) is 0.825. The zero-order chi connectivity index (χ0) is 12.6. The third-order valence-electron chi connectivity index (χ3n) is 3.99. The fraction of sp³-hybridized carbons (Fsp3) is 0.600. The van der Waals surface area contributed by atoms with Gasteiger partial charge in [-0.2, -0.15) is 0 Å². The summed E-state index contributed by atoms with van der Waals surface area (Å²) in [5.74, 6) is 0.487. The molecule has 0 bridgehead atoms. The Kier molecular flexibility index (Phi) is 3.43. The average molecular weight is 233 g/mol. The van der Waals surface area contributed by atoms with E-state index in [-0.39, 0.29) is 6.04 Å². The topological polar surface area (TPSA) is 46.2 Å². The monoisotopic (exact) mass is 233 g/mol. The lowest BCUT2D eigenvalue weighted by Gasteiger charge is -2.25. The molecule has 1 aliphatic carbocycles. The molecule has 1 unspecified atom stereocenters. The predicted molar refractivity (Wildman–Crippen MR) is 71.6 cm³/mol. The van der Waals surface area contributed by atoms with Crippen LogP contribution in [-0.2, 0) is 19.3 Å². The van der Waals surface area contributed by atoms with Gasteiger partial charge in [-0.15, -0.1) is 0 Å². The summed E-state index contributed by atoms with van der Waals surface area (Å²) in [6.45, 7) is 6.18. The van der Waals surface area contributed by atoms with Gasteiger partial charge >= 0.3 is 0 Å². The normalized spacial score (nSPS) is 16.7. The maximum Gasteiger partial charge on any atom is 0.122 e. The second-order valence-corrected chi connectivity index (χ2v) is 5.42. The summed E-state index contributed by atoms with van der Waals surface area (Å²) in [4.78, 5) is 0. The van der Waals surface area contributed by atoms with E-state index >= 15 is 0 Å². The van der Waals surface area contributed by atoms with Crippen molar-refractivity contribution < 1.29 is 5.11 Å². The van der Waals surface area contributed by atoms with Crippen LogP contribution in [0.3, 0.4) is 0 Å². The van der Waals surface area contributed by atoms with Gasteiger partial charge in [-0.3, -0.25) is 0 Å². The number of hydrogen-bond donors (Lipinski definition) is 2. The number of fused-ring (bicyclic) bond motifs is 1. The molecule has 94 valence electrons. The average Bonchev–Trinajstić information content (AvgIpc) is 2.31. The Morgan fingerprint density at radius 1 is 1.12 bits per heavy atom. The maximum absolute atomic E-state index is 10.3. The summed E-state index contributed by atoms with van der Waals surface area (Å²) in [7, 11) is 0. The fourth-order valence-electron chi connectivity index (χ4n) is 3.03. The molecule has 2 rings (SSSR count). The molecule has 0 aromatic heterocycles. The summed E-state index contributed by atoms with van der Waals surface area (Å²) >= 11 is 0. The minimum Gasteiger partial charge on any atom is -0.507 e. The van der Waals surface area contributed by atoms with Gasteiger partial charge in [0.15, 0.2) is 0 Å². The summed E-state index contributed by atoms with van der Waals surface area (Å²) in [5, 5.41) is 10.3. The van der Waals surface area contributed by atoms with Gasteiger partial charge in [0, 0.05) is 6.04 Å². The smallest absolute Gasteiger partial charge is 0.122 e. The van der Waals surface area contributed by atoms with E-state index in [1.165, 1.54) is 29.5 Å². The molecule has 0 spiro atoms. The lowest BCUT2D eigenvalue weighted by atomic mass is 9.82. The van der Waals surface area contributed by atoms with Gasteiger partial charge < -0.3 is 10.8 Å².